The minimum atomic E-state index is -0.137. The largest absolute Gasteiger partial charge is 0.297 e. The highest BCUT2D eigenvalue weighted by molar-refractivity contribution is 9.10. The van der Waals surface area contributed by atoms with Gasteiger partial charge in [-0.25, -0.2) is 0 Å². The summed E-state index contributed by atoms with van der Waals surface area (Å²) in [6.45, 7) is 0. The molecule has 0 radical (unpaired) electrons. The second-order valence-electron chi connectivity index (χ2n) is 3.29. The molecular weight excluding hydrogens is 258 g/mol. The Kier molecular flexibility index (Phi) is 1.70. The molecule has 0 atom stereocenters. The molecular formula is C10H6BrN3O. The summed E-state index contributed by atoms with van der Waals surface area (Å²) < 4.78 is 0.972. The number of nitrogens with one attached hydrogen (secondary N) is 2. The Bertz CT molecular complexity index is 713. The van der Waals surface area contributed by atoms with Gasteiger partial charge in [-0.3, -0.25) is 20.0 Å². The highest BCUT2D eigenvalue weighted by Gasteiger charge is 2.06. The summed E-state index contributed by atoms with van der Waals surface area (Å²) in [7, 11) is 0. The molecule has 4 nitrogen and oxygen atoms in total. The Balaban J connectivity index is 2.60. The third-order valence-corrected chi connectivity index (χ3v) is 2.87. The van der Waals surface area contributed by atoms with E-state index in [1.54, 1.807) is 6.20 Å². The molecule has 0 saturated carbocycles. The van der Waals surface area contributed by atoms with Crippen molar-refractivity contribution in [3.63, 3.8) is 0 Å². The lowest BCUT2D eigenvalue weighted by atomic mass is 10.2. The van der Waals surface area contributed by atoms with Crippen LogP contribution in [0.15, 0.2) is 33.7 Å². The van der Waals surface area contributed by atoms with E-state index >= 15 is 0 Å². The van der Waals surface area contributed by atoms with Gasteiger partial charge in [0.15, 0.2) is 0 Å². The van der Waals surface area contributed by atoms with Gasteiger partial charge >= 0.3 is 0 Å². The van der Waals surface area contributed by atoms with E-state index in [-0.39, 0.29) is 5.56 Å². The van der Waals surface area contributed by atoms with E-state index in [1.165, 1.54) is 0 Å². The van der Waals surface area contributed by atoms with E-state index in [1.807, 2.05) is 18.2 Å². The van der Waals surface area contributed by atoms with Crippen molar-refractivity contribution in [3.8, 4) is 0 Å². The number of H-pyrrole nitrogens is 2. The Morgan fingerprint density at radius 1 is 1.20 bits per heavy atom. The molecule has 15 heavy (non-hydrogen) atoms. The predicted molar refractivity (Wildman–Crippen MR) is 61.9 cm³/mol. The van der Waals surface area contributed by atoms with Gasteiger partial charge in [0.05, 0.1) is 16.4 Å². The summed E-state index contributed by atoms with van der Waals surface area (Å²) in [5.74, 6) is 0. The Hall–Kier alpha value is -1.62. The summed E-state index contributed by atoms with van der Waals surface area (Å²) in [5.41, 5.74) is 1.52. The van der Waals surface area contributed by atoms with Crippen LogP contribution in [0.1, 0.15) is 0 Å². The zero-order valence-electron chi connectivity index (χ0n) is 7.54. The van der Waals surface area contributed by atoms with Crippen molar-refractivity contribution in [1.82, 2.24) is 15.2 Å². The molecule has 0 aliphatic heterocycles. The Morgan fingerprint density at radius 3 is 2.93 bits per heavy atom. The maximum Gasteiger partial charge on any atom is 0.273 e. The zero-order chi connectivity index (χ0) is 10.4. The Morgan fingerprint density at radius 2 is 2.07 bits per heavy atom. The van der Waals surface area contributed by atoms with E-state index in [2.05, 4.69) is 31.1 Å². The van der Waals surface area contributed by atoms with Crippen molar-refractivity contribution >= 4 is 37.7 Å². The maximum absolute atomic E-state index is 11.4. The van der Waals surface area contributed by atoms with Gasteiger partial charge in [-0.15, -0.1) is 0 Å². The first-order valence-corrected chi connectivity index (χ1v) is 5.19. The highest BCUT2D eigenvalue weighted by Crippen LogP contribution is 2.22. The number of pyridine rings is 1. The molecule has 0 fully saturated rings. The molecule has 2 N–H and O–H groups in total. The quantitative estimate of drug-likeness (QED) is 0.653. The summed E-state index contributed by atoms with van der Waals surface area (Å²) >= 11 is 3.38. The van der Waals surface area contributed by atoms with Crippen LogP contribution in [0.3, 0.4) is 0 Å². The van der Waals surface area contributed by atoms with Crippen molar-refractivity contribution in [1.29, 1.82) is 0 Å². The molecule has 0 saturated heterocycles. The third-order valence-electron chi connectivity index (χ3n) is 2.38. The third kappa shape index (κ3) is 1.20. The van der Waals surface area contributed by atoms with Crippen LogP contribution >= 0.6 is 15.9 Å². The zero-order valence-corrected chi connectivity index (χ0v) is 9.13. The average Bonchev–Trinajstić information content (AvgIpc) is 2.60. The molecule has 0 aliphatic carbocycles. The number of fused-ring (bicyclic) bond motifs is 3. The first-order valence-electron chi connectivity index (χ1n) is 4.40. The molecule has 0 spiro atoms. The number of aromatic nitrogens is 3. The molecule has 2 heterocycles. The normalized spacial score (nSPS) is 11.3. The Labute approximate surface area is 92.4 Å². The van der Waals surface area contributed by atoms with Gasteiger partial charge in [-0.05, 0) is 18.2 Å². The topological polar surface area (TPSA) is 61.5 Å². The fraction of sp³-hybridized carbons (Fsp3) is 0. The molecule has 0 unspecified atom stereocenters. The molecule has 3 aromatic rings. The van der Waals surface area contributed by atoms with E-state index < -0.39 is 0 Å². The standard InChI is InChI=1S/C10H6BrN3O/c11-5-1-2-6-8(3-5)12-4-7-9(6)13-14-10(7)15/h1-4H,(H2,13,14,15). The monoisotopic (exact) mass is 263 g/mol. The van der Waals surface area contributed by atoms with E-state index in [9.17, 15) is 4.79 Å². The van der Waals surface area contributed by atoms with Gasteiger partial charge in [0, 0.05) is 16.1 Å². The van der Waals surface area contributed by atoms with Crippen molar-refractivity contribution in [2.75, 3.05) is 0 Å². The maximum atomic E-state index is 11.4. The summed E-state index contributed by atoms with van der Waals surface area (Å²) in [6.07, 6.45) is 1.58. The molecule has 2 aromatic heterocycles. The van der Waals surface area contributed by atoms with Gasteiger partial charge in [0.1, 0.15) is 0 Å². The van der Waals surface area contributed by atoms with Crippen LogP contribution in [-0.2, 0) is 0 Å². The highest BCUT2D eigenvalue weighted by atomic mass is 79.9. The molecule has 3 rings (SSSR count). The van der Waals surface area contributed by atoms with Crippen LogP contribution in [0.5, 0.6) is 0 Å². The second kappa shape index (κ2) is 2.93. The van der Waals surface area contributed by atoms with Crippen LogP contribution < -0.4 is 5.56 Å². The van der Waals surface area contributed by atoms with E-state index in [4.69, 9.17) is 0 Å². The van der Waals surface area contributed by atoms with Crippen LogP contribution in [0, 0.1) is 0 Å². The van der Waals surface area contributed by atoms with Crippen molar-refractivity contribution in [2.45, 2.75) is 0 Å². The first kappa shape index (κ1) is 8.67. The van der Waals surface area contributed by atoms with Gasteiger partial charge in [0.2, 0.25) is 0 Å². The SMILES string of the molecule is O=c1[nH][nH]c2c1cnc1cc(Br)ccc12. The first-order chi connectivity index (χ1) is 7.25. The van der Waals surface area contributed by atoms with Crippen molar-refractivity contribution in [2.24, 2.45) is 0 Å². The molecule has 0 aliphatic rings. The minimum Gasteiger partial charge on any atom is -0.297 e. The molecule has 74 valence electrons. The summed E-state index contributed by atoms with van der Waals surface area (Å²) in [6, 6.07) is 5.77. The average molecular weight is 264 g/mol. The van der Waals surface area contributed by atoms with Gasteiger partial charge in [-0.2, -0.15) is 0 Å². The lowest BCUT2D eigenvalue weighted by molar-refractivity contribution is 1.08. The van der Waals surface area contributed by atoms with Crippen molar-refractivity contribution < 1.29 is 0 Å². The van der Waals surface area contributed by atoms with Gasteiger partial charge in [0.25, 0.3) is 5.56 Å². The van der Waals surface area contributed by atoms with Crippen LogP contribution in [0.2, 0.25) is 0 Å². The molecule has 1 aromatic carbocycles. The number of nitrogens with zero attached hydrogens (tertiary/aromatic N) is 1. The van der Waals surface area contributed by atoms with Crippen LogP contribution in [-0.4, -0.2) is 15.2 Å². The van der Waals surface area contributed by atoms with Crippen LogP contribution in [0.25, 0.3) is 21.8 Å². The van der Waals surface area contributed by atoms with E-state index in [0.29, 0.717) is 5.39 Å². The number of hydrogen-bond acceptors (Lipinski definition) is 2. The van der Waals surface area contributed by atoms with Gasteiger partial charge in [-0.1, -0.05) is 15.9 Å². The molecule has 5 heteroatoms. The van der Waals surface area contributed by atoms with Gasteiger partial charge < -0.3 is 0 Å². The fourth-order valence-electron chi connectivity index (χ4n) is 1.66. The fourth-order valence-corrected chi connectivity index (χ4v) is 2.01. The van der Waals surface area contributed by atoms with E-state index in [0.717, 1.165) is 20.9 Å². The lowest BCUT2D eigenvalue weighted by Gasteiger charge is -1.98. The molecule has 0 amide bonds. The lowest BCUT2D eigenvalue weighted by Crippen LogP contribution is -1.97. The second-order valence-corrected chi connectivity index (χ2v) is 4.20. The summed E-state index contributed by atoms with van der Waals surface area (Å²) in [4.78, 5) is 15.6. The number of rotatable bonds is 0. The minimum absolute atomic E-state index is 0.137. The number of aromatic amines is 2. The number of halogens is 1. The predicted octanol–water partition coefficient (Wildman–Crippen LogP) is 2.17. The molecule has 0 bridgehead atoms. The number of hydrogen-bond donors (Lipinski definition) is 2. The smallest absolute Gasteiger partial charge is 0.273 e. The number of benzene rings is 1. The van der Waals surface area contributed by atoms with Crippen molar-refractivity contribution in [3.05, 3.63) is 39.2 Å². The summed E-state index contributed by atoms with van der Waals surface area (Å²) in [5, 5.41) is 6.94. The van der Waals surface area contributed by atoms with Crippen LogP contribution in [0.4, 0.5) is 0 Å².